The number of benzene rings is 1. The third kappa shape index (κ3) is 4.47. The normalized spacial score (nSPS) is 10.8. The molecule has 1 amide bonds. The summed E-state index contributed by atoms with van der Waals surface area (Å²) in [6, 6.07) is 3.41. The summed E-state index contributed by atoms with van der Waals surface area (Å²) >= 11 is 0. The minimum absolute atomic E-state index is 0.201. The average molecular weight is 278 g/mol. The van der Waals surface area contributed by atoms with Crippen molar-refractivity contribution in [2.75, 3.05) is 51.2 Å². The quantitative estimate of drug-likeness (QED) is 0.541. The molecule has 0 saturated carbocycles. The van der Waals surface area contributed by atoms with Gasteiger partial charge in [0.2, 0.25) is 5.91 Å². The number of anilines is 3. The van der Waals surface area contributed by atoms with E-state index in [1.807, 2.05) is 19.0 Å². The lowest BCUT2D eigenvalue weighted by Gasteiger charge is -2.13. The lowest BCUT2D eigenvalue weighted by atomic mass is 10.2. The Bertz CT molecular complexity index is 498. The molecule has 0 radical (unpaired) electrons. The molecule has 6 nitrogen and oxygen atoms in total. The smallest absolute Gasteiger partial charge is 0.248 e. The zero-order valence-corrected chi connectivity index (χ0v) is 12.4. The highest BCUT2D eigenvalue weighted by atomic mass is 16.5. The number of nitrogens with one attached hydrogen (secondary N) is 2. The van der Waals surface area contributed by atoms with Crippen LogP contribution in [0.2, 0.25) is 0 Å². The van der Waals surface area contributed by atoms with Gasteiger partial charge in [-0.25, -0.2) is 0 Å². The number of nitrogens with two attached hydrogens (primary N) is 1. The van der Waals surface area contributed by atoms with Crippen molar-refractivity contribution in [2.45, 2.75) is 0 Å². The molecule has 0 fully saturated rings. The third-order valence-corrected chi connectivity index (χ3v) is 2.64. The number of nitrogens with zero attached hydrogens (tertiary/aromatic N) is 1. The number of likely N-dealkylation sites (N-methyl/N-ethyl adjacent to an activating group) is 1. The first-order valence-electron chi connectivity index (χ1n) is 6.25. The Hall–Kier alpha value is -2.21. The van der Waals surface area contributed by atoms with E-state index in [2.05, 4.69) is 10.6 Å². The van der Waals surface area contributed by atoms with Crippen molar-refractivity contribution in [3.05, 3.63) is 24.3 Å². The molecule has 110 valence electrons. The van der Waals surface area contributed by atoms with Gasteiger partial charge < -0.3 is 26.0 Å². The molecule has 0 aliphatic heterocycles. The van der Waals surface area contributed by atoms with E-state index in [9.17, 15) is 4.79 Å². The molecule has 0 aliphatic rings. The lowest BCUT2D eigenvalue weighted by Crippen LogP contribution is -2.13. The van der Waals surface area contributed by atoms with E-state index in [1.165, 1.54) is 6.08 Å². The van der Waals surface area contributed by atoms with Gasteiger partial charge in [0.1, 0.15) is 5.75 Å². The Morgan fingerprint density at radius 1 is 1.40 bits per heavy atom. The van der Waals surface area contributed by atoms with Crippen LogP contribution in [0.25, 0.3) is 0 Å². The van der Waals surface area contributed by atoms with Crippen molar-refractivity contribution >= 4 is 23.0 Å². The highest BCUT2D eigenvalue weighted by molar-refractivity contribution is 6.02. The number of amides is 1. The van der Waals surface area contributed by atoms with Gasteiger partial charge >= 0.3 is 0 Å². The molecule has 6 heteroatoms. The fourth-order valence-corrected chi connectivity index (χ4v) is 1.63. The number of hydrogen-bond donors (Lipinski definition) is 3. The fraction of sp³-hybridized carbons (Fsp3) is 0.357. The van der Waals surface area contributed by atoms with E-state index in [0.29, 0.717) is 23.7 Å². The van der Waals surface area contributed by atoms with Gasteiger partial charge in [-0.1, -0.05) is 6.08 Å². The van der Waals surface area contributed by atoms with Crippen molar-refractivity contribution < 1.29 is 9.53 Å². The van der Waals surface area contributed by atoms with Crippen LogP contribution < -0.4 is 21.1 Å². The number of ether oxygens (including phenoxy) is 1. The van der Waals surface area contributed by atoms with E-state index in [-0.39, 0.29) is 5.91 Å². The summed E-state index contributed by atoms with van der Waals surface area (Å²) in [6.07, 6.45) is 3.29. The van der Waals surface area contributed by atoms with Crippen molar-refractivity contribution in [3.8, 4) is 5.75 Å². The maximum atomic E-state index is 11.8. The van der Waals surface area contributed by atoms with Gasteiger partial charge in [-0.05, 0) is 20.2 Å². The summed E-state index contributed by atoms with van der Waals surface area (Å²) in [7, 11) is 7.19. The Morgan fingerprint density at radius 2 is 2.10 bits per heavy atom. The second-order valence-electron chi connectivity index (χ2n) is 4.54. The topological polar surface area (TPSA) is 79.6 Å². The summed E-state index contributed by atoms with van der Waals surface area (Å²) < 4.78 is 5.14. The molecule has 0 atom stereocenters. The molecule has 0 aliphatic carbocycles. The summed E-state index contributed by atoms with van der Waals surface area (Å²) in [4.78, 5) is 13.8. The lowest BCUT2D eigenvalue weighted by molar-refractivity contribution is -0.111. The maximum Gasteiger partial charge on any atom is 0.248 e. The third-order valence-electron chi connectivity index (χ3n) is 2.64. The number of carbonyl (C=O) groups is 1. The maximum absolute atomic E-state index is 11.8. The Kier molecular flexibility index (Phi) is 5.86. The molecular formula is C14H22N4O2. The van der Waals surface area contributed by atoms with Gasteiger partial charge in [0.15, 0.2) is 0 Å². The molecule has 1 aromatic rings. The van der Waals surface area contributed by atoms with Gasteiger partial charge in [0, 0.05) is 25.7 Å². The van der Waals surface area contributed by atoms with E-state index in [1.54, 1.807) is 32.4 Å². The Morgan fingerprint density at radius 3 is 2.65 bits per heavy atom. The number of carbonyl (C=O) groups excluding carboxylic acids is 1. The van der Waals surface area contributed by atoms with Crippen molar-refractivity contribution in [2.24, 2.45) is 0 Å². The number of rotatable bonds is 6. The summed E-state index contributed by atoms with van der Waals surface area (Å²) in [6.45, 7) is 0.705. The molecule has 1 aromatic carbocycles. The highest BCUT2D eigenvalue weighted by Crippen LogP contribution is 2.32. The first-order chi connectivity index (χ1) is 9.47. The molecule has 0 spiro atoms. The monoisotopic (exact) mass is 278 g/mol. The standard InChI is InChI=1S/C14H22N4O2/c1-16-11-9-13(20-4)10(15)8-12(11)17-14(19)6-5-7-18(2)3/h5-6,8-9,16H,7,15H2,1-4H3,(H,17,19)/b6-5+. The second-order valence-corrected chi connectivity index (χ2v) is 4.54. The van der Waals surface area contributed by atoms with Crippen LogP contribution in [0.3, 0.4) is 0 Å². The van der Waals surface area contributed by atoms with Crippen molar-refractivity contribution in [1.29, 1.82) is 0 Å². The molecule has 0 saturated heterocycles. The van der Waals surface area contributed by atoms with Gasteiger partial charge in [0.25, 0.3) is 0 Å². The van der Waals surface area contributed by atoms with E-state index < -0.39 is 0 Å². The number of hydrogen-bond acceptors (Lipinski definition) is 5. The molecule has 20 heavy (non-hydrogen) atoms. The predicted octanol–water partition coefficient (Wildman–Crippen LogP) is 1.38. The van der Waals surface area contributed by atoms with Crippen LogP contribution in [-0.4, -0.2) is 45.6 Å². The van der Waals surface area contributed by atoms with Crippen LogP contribution >= 0.6 is 0 Å². The largest absolute Gasteiger partial charge is 0.495 e. The second kappa shape index (κ2) is 7.40. The van der Waals surface area contributed by atoms with Crippen molar-refractivity contribution in [3.63, 3.8) is 0 Å². The zero-order chi connectivity index (χ0) is 15.1. The molecule has 1 rings (SSSR count). The van der Waals surface area contributed by atoms with Crippen LogP contribution in [0, 0.1) is 0 Å². The highest BCUT2D eigenvalue weighted by Gasteiger charge is 2.09. The van der Waals surface area contributed by atoms with E-state index in [0.717, 1.165) is 5.69 Å². The van der Waals surface area contributed by atoms with E-state index >= 15 is 0 Å². The van der Waals surface area contributed by atoms with Gasteiger partial charge in [-0.2, -0.15) is 0 Å². The number of nitrogen functional groups attached to an aromatic ring is 1. The van der Waals surface area contributed by atoms with Crippen LogP contribution in [0.15, 0.2) is 24.3 Å². The van der Waals surface area contributed by atoms with E-state index in [4.69, 9.17) is 10.5 Å². The van der Waals surface area contributed by atoms with Crippen LogP contribution in [0.1, 0.15) is 0 Å². The Labute approximate surface area is 119 Å². The Balaban J connectivity index is 2.83. The molecule has 0 bridgehead atoms. The summed E-state index contributed by atoms with van der Waals surface area (Å²) in [5.74, 6) is 0.364. The SMILES string of the molecule is CNc1cc(OC)c(N)cc1NC(=O)/C=C/CN(C)C. The molecule has 0 unspecified atom stereocenters. The molecule has 0 aromatic heterocycles. The minimum atomic E-state index is -0.201. The predicted molar refractivity (Wildman–Crippen MR) is 83.3 cm³/mol. The molecular weight excluding hydrogens is 256 g/mol. The first kappa shape index (κ1) is 15.8. The minimum Gasteiger partial charge on any atom is -0.495 e. The number of methoxy groups -OCH3 is 1. The average Bonchev–Trinajstić information content (AvgIpc) is 2.38. The summed E-state index contributed by atoms with van der Waals surface area (Å²) in [5.41, 5.74) is 7.67. The molecule has 4 N–H and O–H groups in total. The van der Waals surface area contributed by atoms with Crippen LogP contribution in [0.5, 0.6) is 5.75 Å². The first-order valence-corrected chi connectivity index (χ1v) is 6.25. The summed E-state index contributed by atoms with van der Waals surface area (Å²) in [5, 5.41) is 5.78. The van der Waals surface area contributed by atoms with Crippen LogP contribution in [0.4, 0.5) is 17.1 Å². The molecule has 0 heterocycles. The van der Waals surface area contributed by atoms with Crippen molar-refractivity contribution in [1.82, 2.24) is 4.90 Å². The fourth-order valence-electron chi connectivity index (χ4n) is 1.63. The van der Waals surface area contributed by atoms with Crippen LogP contribution in [-0.2, 0) is 4.79 Å². The zero-order valence-electron chi connectivity index (χ0n) is 12.4. The van der Waals surface area contributed by atoms with Gasteiger partial charge in [-0.15, -0.1) is 0 Å². The van der Waals surface area contributed by atoms with Gasteiger partial charge in [-0.3, -0.25) is 4.79 Å². The van der Waals surface area contributed by atoms with Gasteiger partial charge in [0.05, 0.1) is 24.2 Å².